The van der Waals surface area contributed by atoms with Gasteiger partial charge in [0.2, 0.25) is 10.0 Å². The molecule has 12 heteroatoms. The molecular formula is C34H29F4N3O4S. The Morgan fingerprint density at radius 3 is 2.24 bits per heavy atom. The Labute approximate surface area is 263 Å². The van der Waals surface area contributed by atoms with E-state index in [0.717, 1.165) is 35.4 Å². The minimum Gasteiger partial charge on any atom is -0.381 e. The van der Waals surface area contributed by atoms with Crippen LogP contribution in [0.3, 0.4) is 0 Å². The fraction of sp³-hybridized carbons (Fsp3) is 0.265. The highest BCUT2D eigenvalue weighted by atomic mass is 32.2. The summed E-state index contributed by atoms with van der Waals surface area (Å²) in [6, 6.07) is 19.7. The summed E-state index contributed by atoms with van der Waals surface area (Å²) in [7, 11) is -3.97. The zero-order chi connectivity index (χ0) is 33.1. The highest BCUT2D eigenvalue weighted by Crippen LogP contribution is 2.37. The molecule has 1 unspecified atom stereocenters. The van der Waals surface area contributed by atoms with Crippen molar-refractivity contribution in [2.45, 2.75) is 42.4 Å². The van der Waals surface area contributed by atoms with Gasteiger partial charge in [0, 0.05) is 38.3 Å². The maximum atomic E-state index is 14.0. The molecule has 2 heterocycles. The second-order valence-electron chi connectivity index (χ2n) is 11.3. The Hall–Kier alpha value is -4.44. The van der Waals surface area contributed by atoms with Crippen molar-refractivity contribution in [3.8, 4) is 17.2 Å². The van der Waals surface area contributed by atoms with E-state index >= 15 is 0 Å². The lowest BCUT2D eigenvalue weighted by atomic mass is 9.73. The number of aromatic nitrogens is 1. The van der Waals surface area contributed by atoms with Crippen molar-refractivity contribution >= 4 is 15.8 Å². The first-order valence-corrected chi connectivity index (χ1v) is 15.9. The summed E-state index contributed by atoms with van der Waals surface area (Å²) in [6.07, 6.45) is -2.09. The van der Waals surface area contributed by atoms with Crippen LogP contribution in [0.1, 0.15) is 35.1 Å². The van der Waals surface area contributed by atoms with E-state index in [1.807, 2.05) is 12.1 Å². The molecule has 7 nitrogen and oxygen atoms in total. The topological polar surface area (TPSA) is 111 Å². The number of nitrogens with zero attached hydrogens (tertiary/aromatic N) is 3. The van der Waals surface area contributed by atoms with Crippen molar-refractivity contribution in [3.05, 3.63) is 119 Å². The van der Waals surface area contributed by atoms with Gasteiger partial charge in [-0.25, -0.2) is 12.8 Å². The van der Waals surface area contributed by atoms with Gasteiger partial charge in [0.15, 0.2) is 5.78 Å². The molecule has 3 aromatic carbocycles. The Bertz CT molecular complexity index is 1870. The van der Waals surface area contributed by atoms with Gasteiger partial charge in [-0.15, -0.1) is 0 Å². The average Bonchev–Trinajstić information content (AvgIpc) is 3.05. The van der Waals surface area contributed by atoms with E-state index in [1.165, 1.54) is 28.6 Å². The molecule has 46 heavy (non-hydrogen) atoms. The average molecular weight is 652 g/mol. The molecule has 0 bridgehead atoms. The molecule has 0 saturated carbocycles. The van der Waals surface area contributed by atoms with Gasteiger partial charge in [0.05, 0.1) is 22.1 Å². The number of halogens is 4. The lowest BCUT2D eigenvalue weighted by Gasteiger charge is -2.40. The molecular weight excluding hydrogens is 622 g/mol. The second kappa shape index (κ2) is 13.1. The number of carbonyl (C=O) groups excluding carboxylic acids is 1. The molecule has 0 aliphatic carbocycles. The number of pyridine rings is 1. The molecule has 5 rings (SSSR count). The monoisotopic (exact) mass is 651 g/mol. The number of ketones is 1. The maximum absolute atomic E-state index is 14.0. The van der Waals surface area contributed by atoms with E-state index in [1.54, 1.807) is 36.7 Å². The first-order valence-electron chi connectivity index (χ1n) is 14.4. The van der Waals surface area contributed by atoms with Crippen LogP contribution in [0.5, 0.6) is 0 Å². The summed E-state index contributed by atoms with van der Waals surface area (Å²) in [4.78, 5) is 17.9. The molecule has 0 amide bonds. The molecule has 1 saturated heterocycles. The third-order valence-electron chi connectivity index (χ3n) is 8.35. The van der Waals surface area contributed by atoms with E-state index < -0.39 is 56.9 Å². The van der Waals surface area contributed by atoms with Crippen molar-refractivity contribution in [3.63, 3.8) is 0 Å². The van der Waals surface area contributed by atoms with Crippen LogP contribution in [0.2, 0.25) is 0 Å². The Balaban J connectivity index is 1.45. The van der Waals surface area contributed by atoms with E-state index in [0.29, 0.717) is 5.56 Å². The molecule has 1 N–H and O–H groups in total. The number of aliphatic hydroxyl groups is 1. The van der Waals surface area contributed by atoms with Gasteiger partial charge in [-0.05, 0) is 89.5 Å². The highest BCUT2D eigenvalue weighted by Gasteiger charge is 2.46. The summed E-state index contributed by atoms with van der Waals surface area (Å²) >= 11 is 0. The van der Waals surface area contributed by atoms with Crippen LogP contribution in [0, 0.1) is 23.1 Å². The molecule has 1 atom stereocenters. The van der Waals surface area contributed by atoms with Crippen LogP contribution in [0.15, 0.2) is 96.2 Å². The molecule has 4 aromatic rings. The first-order chi connectivity index (χ1) is 21.8. The lowest BCUT2D eigenvalue weighted by Crippen LogP contribution is -2.53. The highest BCUT2D eigenvalue weighted by molar-refractivity contribution is 7.89. The SMILES string of the molecule is N#Cc1ccc(CC(=O)C(O)(Cc2cccc(-c3ccncc3)c2)C2CCN(S(=O)(=O)c3ccc(F)cc3)CC2)cc1C(F)(F)F. The van der Waals surface area contributed by atoms with Gasteiger partial charge in [-0.2, -0.15) is 22.7 Å². The van der Waals surface area contributed by atoms with Gasteiger partial charge < -0.3 is 5.11 Å². The van der Waals surface area contributed by atoms with Crippen LogP contribution in [-0.2, 0) is 33.8 Å². The first kappa shape index (κ1) is 32.9. The summed E-state index contributed by atoms with van der Waals surface area (Å²) in [5, 5.41) is 21.4. The summed E-state index contributed by atoms with van der Waals surface area (Å²) < 4.78 is 82.0. The van der Waals surface area contributed by atoms with E-state index in [2.05, 4.69) is 4.98 Å². The molecule has 0 spiro atoms. The quantitative estimate of drug-likeness (QED) is 0.224. The van der Waals surface area contributed by atoms with E-state index in [9.17, 15) is 35.9 Å². The van der Waals surface area contributed by atoms with Crippen molar-refractivity contribution in [1.29, 1.82) is 5.26 Å². The number of piperidine rings is 1. The van der Waals surface area contributed by atoms with Crippen LogP contribution in [0.25, 0.3) is 11.1 Å². The predicted molar refractivity (Wildman–Crippen MR) is 161 cm³/mol. The minimum atomic E-state index is -4.82. The van der Waals surface area contributed by atoms with Crippen molar-refractivity contribution in [2.24, 2.45) is 5.92 Å². The molecule has 1 aromatic heterocycles. The normalized spacial score (nSPS) is 16.0. The van der Waals surface area contributed by atoms with Crippen LogP contribution in [-0.4, -0.2) is 47.3 Å². The third kappa shape index (κ3) is 7.02. The number of carbonyl (C=O) groups is 1. The largest absolute Gasteiger partial charge is 0.417 e. The number of Topliss-reactive ketones (excluding diaryl/α,β-unsaturated/α-hetero) is 1. The molecule has 1 aliphatic rings. The van der Waals surface area contributed by atoms with Crippen LogP contribution in [0.4, 0.5) is 17.6 Å². The Kier molecular flexibility index (Phi) is 9.39. The second-order valence-corrected chi connectivity index (χ2v) is 13.2. The number of sulfonamides is 1. The number of hydrogen-bond acceptors (Lipinski definition) is 6. The Morgan fingerprint density at radius 1 is 0.935 bits per heavy atom. The fourth-order valence-corrected chi connectivity index (χ4v) is 7.36. The number of nitriles is 1. The van der Waals surface area contributed by atoms with Crippen LogP contribution < -0.4 is 0 Å². The molecule has 0 radical (unpaired) electrons. The summed E-state index contributed by atoms with van der Waals surface area (Å²) in [6.45, 7) is -0.0712. The van der Waals surface area contributed by atoms with Gasteiger partial charge in [0.1, 0.15) is 11.4 Å². The maximum Gasteiger partial charge on any atom is 0.417 e. The standard InChI is InChI=1S/C34H29F4N3O4S/c35-29-6-8-30(9-7-29)46(44,45)41-16-12-28(13-17-41)33(43,21-24-2-1-3-26(18-24)25-10-14-40-15-11-25)32(42)20-23-4-5-27(22-39)31(19-23)34(36,37)38/h1-11,14-15,18-19,28,43H,12-13,16-17,20-21H2. The van der Waals surface area contributed by atoms with Gasteiger partial charge in [-0.1, -0.05) is 30.3 Å². The molecule has 1 aliphatic heterocycles. The predicted octanol–water partition coefficient (Wildman–Crippen LogP) is 5.96. The fourth-order valence-electron chi connectivity index (χ4n) is 5.89. The number of benzene rings is 3. The van der Waals surface area contributed by atoms with Crippen molar-refractivity contribution in [1.82, 2.24) is 9.29 Å². The minimum absolute atomic E-state index is 0.0170. The Morgan fingerprint density at radius 2 is 1.61 bits per heavy atom. The summed E-state index contributed by atoms with van der Waals surface area (Å²) in [5.41, 5.74) is -1.58. The molecule has 1 fully saturated rings. The van der Waals surface area contributed by atoms with Crippen LogP contribution >= 0.6 is 0 Å². The van der Waals surface area contributed by atoms with Gasteiger partial charge in [0.25, 0.3) is 0 Å². The van der Waals surface area contributed by atoms with Gasteiger partial charge in [-0.3, -0.25) is 9.78 Å². The zero-order valence-electron chi connectivity index (χ0n) is 24.4. The number of hydrogen-bond donors (Lipinski definition) is 1. The summed E-state index contributed by atoms with van der Waals surface area (Å²) in [5.74, 6) is -2.04. The third-order valence-corrected chi connectivity index (χ3v) is 10.3. The van der Waals surface area contributed by atoms with Gasteiger partial charge >= 0.3 is 6.18 Å². The smallest absolute Gasteiger partial charge is 0.381 e. The number of rotatable bonds is 9. The van der Waals surface area contributed by atoms with Crippen molar-refractivity contribution in [2.75, 3.05) is 13.1 Å². The number of alkyl halides is 3. The zero-order valence-corrected chi connectivity index (χ0v) is 25.2. The van der Waals surface area contributed by atoms with E-state index in [-0.39, 0.29) is 42.8 Å². The molecule has 238 valence electrons. The lowest BCUT2D eigenvalue weighted by molar-refractivity contribution is -0.144. The van der Waals surface area contributed by atoms with E-state index in [4.69, 9.17) is 5.26 Å². The van der Waals surface area contributed by atoms with Crippen molar-refractivity contribution < 1.29 is 35.9 Å².